The maximum atomic E-state index is 11.4. The number of ether oxygens (including phenoxy) is 1. The summed E-state index contributed by atoms with van der Waals surface area (Å²) in [6.45, 7) is 2.78. The van der Waals surface area contributed by atoms with Gasteiger partial charge in [-0.05, 0) is 31.7 Å². The van der Waals surface area contributed by atoms with E-state index in [4.69, 9.17) is 9.84 Å². The lowest BCUT2D eigenvalue weighted by atomic mass is 9.94. The van der Waals surface area contributed by atoms with Crippen LogP contribution in [0.1, 0.15) is 25.7 Å². The molecule has 15 heavy (non-hydrogen) atoms. The third kappa shape index (κ3) is 2.49. The van der Waals surface area contributed by atoms with Gasteiger partial charge >= 0.3 is 5.97 Å². The van der Waals surface area contributed by atoms with Crippen LogP contribution in [0, 0.1) is 5.92 Å². The average Bonchev–Trinajstić information content (AvgIpc) is 2.65. The Morgan fingerprint density at radius 3 is 3.00 bits per heavy atom. The van der Waals surface area contributed by atoms with Crippen molar-refractivity contribution in [2.24, 2.45) is 5.92 Å². The number of esters is 1. The highest BCUT2D eigenvalue weighted by atomic mass is 16.5. The molecule has 2 rings (SSSR count). The Hall–Kier alpha value is -0.610. The Bertz CT molecular complexity index is 230. The van der Waals surface area contributed by atoms with Gasteiger partial charge in [0.05, 0.1) is 6.61 Å². The van der Waals surface area contributed by atoms with Crippen LogP contribution in [-0.2, 0) is 9.53 Å². The fourth-order valence-electron chi connectivity index (χ4n) is 2.62. The number of rotatable bonds is 3. The second-order valence-electron chi connectivity index (χ2n) is 4.49. The van der Waals surface area contributed by atoms with Crippen LogP contribution in [0.5, 0.6) is 0 Å². The molecule has 2 unspecified atom stereocenters. The smallest absolute Gasteiger partial charge is 0.323 e. The monoisotopic (exact) mass is 213 g/mol. The van der Waals surface area contributed by atoms with Crippen LogP contribution in [0.3, 0.4) is 0 Å². The number of piperidine rings is 1. The topological polar surface area (TPSA) is 49.8 Å². The van der Waals surface area contributed by atoms with E-state index in [1.54, 1.807) is 0 Å². The molecule has 0 aromatic heterocycles. The Labute approximate surface area is 90.2 Å². The number of carbonyl (C=O) groups is 1. The molecule has 2 aliphatic rings. The van der Waals surface area contributed by atoms with E-state index < -0.39 is 0 Å². The summed E-state index contributed by atoms with van der Waals surface area (Å²) in [6, 6.07) is -0.00788. The molecule has 0 aromatic rings. The highest BCUT2D eigenvalue weighted by Gasteiger charge is 2.34. The molecule has 1 N–H and O–H groups in total. The van der Waals surface area contributed by atoms with E-state index >= 15 is 0 Å². The van der Waals surface area contributed by atoms with Gasteiger partial charge in [-0.25, -0.2) is 0 Å². The van der Waals surface area contributed by atoms with Gasteiger partial charge in [-0.1, -0.05) is 0 Å². The van der Waals surface area contributed by atoms with E-state index in [1.165, 1.54) is 6.42 Å². The lowest BCUT2D eigenvalue weighted by Crippen LogP contribution is -2.45. The first kappa shape index (κ1) is 10.9. The van der Waals surface area contributed by atoms with E-state index in [0.29, 0.717) is 12.5 Å². The quantitative estimate of drug-likeness (QED) is 0.689. The Kier molecular flexibility index (Phi) is 3.59. The van der Waals surface area contributed by atoms with Crippen molar-refractivity contribution in [3.8, 4) is 0 Å². The lowest BCUT2D eigenvalue weighted by molar-refractivity contribution is -0.142. The minimum atomic E-state index is -0.0559. The number of cyclic esters (lactones) is 1. The highest BCUT2D eigenvalue weighted by molar-refractivity contribution is 5.77. The van der Waals surface area contributed by atoms with E-state index in [-0.39, 0.29) is 18.6 Å². The van der Waals surface area contributed by atoms with Crippen LogP contribution in [0.25, 0.3) is 0 Å². The summed E-state index contributed by atoms with van der Waals surface area (Å²) in [5.74, 6) is 0.497. The van der Waals surface area contributed by atoms with Crippen molar-refractivity contribution in [3.05, 3.63) is 0 Å². The van der Waals surface area contributed by atoms with E-state index in [9.17, 15) is 4.79 Å². The third-order valence-corrected chi connectivity index (χ3v) is 3.44. The van der Waals surface area contributed by atoms with Gasteiger partial charge in [-0.2, -0.15) is 0 Å². The molecule has 2 aliphatic heterocycles. The van der Waals surface area contributed by atoms with Gasteiger partial charge in [-0.3, -0.25) is 9.69 Å². The molecule has 0 amide bonds. The maximum Gasteiger partial charge on any atom is 0.323 e. The predicted molar refractivity (Wildman–Crippen MR) is 55.4 cm³/mol. The Morgan fingerprint density at radius 2 is 2.33 bits per heavy atom. The van der Waals surface area contributed by atoms with Gasteiger partial charge in [0.25, 0.3) is 0 Å². The summed E-state index contributed by atoms with van der Waals surface area (Å²) in [4.78, 5) is 13.7. The number of hydrogen-bond donors (Lipinski definition) is 1. The average molecular weight is 213 g/mol. The highest BCUT2D eigenvalue weighted by Crippen LogP contribution is 2.24. The fraction of sp³-hybridized carbons (Fsp3) is 0.909. The molecular weight excluding hydrogens is 194 g/mol. The molecule has 4 nitrogen and oxygen atoms in total. The van der Waals surface area contributed by atoms with E-state index in [0.717, 1.165) is 32.4 Å². The molecule has 86 valence electrons. The first-order valence-electron chi connectivity index (χ1n) is 5.83. The zero-order valence-corrected chi connectivity index (χ0v) is 9.02. The zero-order valence-electron chi connectivity index (χ0n) is 9.02. The minimum Gasteiger partial charge on any atom is -0.464 e. The Morgan fingerprint density at radius 1 is 1.47 bits per heavy atom. The van der Waals surface area contributed by atoms with Crippen molar-refractivity contribution >= 4 is 5.97 Å². The lowest BCUT2D eigenvalue weighted by Gasteiger charge is -2.34. The molecule has 2 atom stereocenters. The molecule has 2 heterocycles. The molecule has 0 spiro atoms. The van der Waals surface area contributed by atoms with E-state index in [1.807, 2.05) is 0 Å². The second-order valence-corrected chi connectivity index (χ2v) is 4.49. The molecule has 0 bridgehead atoms. The van der Waals surface area contributed by atoms with Crippen molar-refractivity contribution in [1.82, 2.24) is 4.90 Å². The standard InChI is InChI=1S/C11H19NO3/c13-6-3-9-2-1-5-12(8-9)10-4-7-15-11(10)14/h9-10,13H,1-8H2. The summed E-state index contributed by atoms with van der Waals surface area (Å²) >= 11 is 0. The molecule has 0 aliphatic carbocycles. The predicted octanol–water partition coefficient (Wildman–Crippen LogP) is 0.396. The first-order valence-corrected chi connectivity index (χ1v) is 5.83. The summed E-state index contributed by atoms with van der Waals surface area (Å²) < 4.78 is 4.98. The Balaban J connectivity index is 1.89. The van der Waals surface area contributed by atoms with Gasteiger partial charge in [-0.15, -0.1) is 0 Å². The zero-order chi connectivity index (χ0) is 10.7. The molecule has 2 fully saturated rings. The van der Waals surface area contributed by atoms with Crippen LogP contribution >= 0.6 is 0 Å². The van der Waals surface area contributed by atoms with Gasteiger partial charge in [0.15, 0.2) is 0 Å². The van der Waals surface area contributed by atoms with E-state index in [2.05, 4.69) is 4.90 Å². The molecule has 2 saturated heterocycles. The molecular formula is C11H19NO3. The van der Waals surface area contributed by atoms with Crippen molar-refractivity contribution in [3.63, 3.8) is 0 Å². The number of aliphatic hydroxyl groups is 1. The van der Waals surface area contributed by atoms with Crippen LogP contribution in [0.4, 0.5) is 0 Å². The summed E-state index contributed by atoms with van der Waals surface area (Å²) in [7, 11) is 0. The number of carbonyl (C=O) groups excluding carboxylic acids is 1. The normalized spacial score (nSPS) is 33.0. The van der Waals surface area contributed by atoms with Crippen LogP contribution < -0.4 is 0 Å². The van der Waals surface area contributed by atoms with Crippen LogP contribution in [0.15, 0.2) is 0 Å². The van der Waals surface area contributed by atoms with Gasteiger partial charge in [0.2, 0.25) is 0 Å². The first-order chi connectivity index (χ1) is 7.31. The fourth-order valence-corrected chi connectivity index (χ4v) is 2.62. The summed E-state index contributed by atoms with van der Waals surface area (Å²) in [5, 5.41) is 8.91. The number of aliphatic hydroxyl groups excluding tert-OH is 1. The largest absolute Gasteiger partial charge is 0.464 e. The SMILES string of the molecule is O=C1OCCC1N1CCCC(CCO)C1. The second kappa shape index (κ2) is 4.94. The number of nitrogens with zero attached hydrogens (tertiary/aromatic N) is 1. The number of hydrogen-bond acceptors (Lipinski definition) is 4. The van der Waals surface area contributed by atoms with Gasteiger partial charge in [0.1, 0.15) is 6.04 Å². The third-order valence-electron chi connectivity index (χ3n) is 3.44. The van der Waals surface area contributed by atoms with Crippen molar-refractivity contribution in [2.75, 3.05) is 26.3 Å². The van der Waals surface area contributed by atoms with Crippen LogP contribution in [-0.4, -0.2) is 48.3 Å². The maximum absolute atomic E-state index is 11.4. The molecule has 0 radical (unpaired) electrons. The van der Waals surface area contributed by atoms with Crippen molar-refractivity contribution in [2.45, 2.75) is 31.7 Å². The van der Waals surface area contributed by atoms with Crippen LogP contribution in [0.2, 0.25) is 0 Å². The molecule has 0 saturated carbocycles. The van der Waals surface area contributed by atoms with Crippen molar-refractivity contribution < 1.29 is 14.6 Å². The summed E-state index contributed by atoms with van der Waals surface area (Å²) in [6.07, 6.45) is 4.01. The minimum absolute atomic E-state index is 0.00788. The number of likely N-dealkylation sites (tertiary alicyclic amines) is 1. The summed E-state index contributed by atoms with van der Waals surface area (Å²) in [5.41, 5.74) is 0. The molecule has 0 aromatic carbocycles. The van der Waals surface area contributed by atoms with Gasteiger partial charge in [0, 0.05) is 19.6 Å². The molecule has 4 heteroatoms. The van der Waals surface area contributed by atoms with Gasteiger partial charge < -0.3 is 9.84 Å². The van der Waals surface area contributed by atoms with Crippen molar-refractivity contribution in [1.29, 1.82) is 0 Å².